The summed E-state index contributed by atoms with van der Waals surface area (Å²) >= 11 is 9.04. The number of anilines is 1. The first-order chi connectivity index (χ1) is 11.0. The van der Waals surface area contributed by atoms with Gasteiger partial charge in [-0.3, -0.25) is 9.59 Å². The molecule has 0 saturated carbocycles. The number of nitrogens with zero attached hydrogens (tertiary/aromatic N) is 2. The number of fused-ring (bicyclic) bond motifs is 2. The molecule has 8 heteroatoms. The summed E-state index contributed by atoms with van der Waals surface area (Å²) in [5.74, 6) is 0.528. The van der Waals surface area contributed by atoms with Crippen LogP contribution in [-0.2, 0) is 9.59 Å². The fourth-order valence-corrected chi connectivity index (χ4v) is 5.73. The maximum atomic E-state index is 12.6. The Labute approximate surface area is 146 Å². The van der Waals surface area contributed by atoms with Crippen LogP contribution >= 0.6 is 34.7 Å². The van der Waals surface area contributed by atoms with Crippen molar-refractivity contribution in [3.05, 3.63) is 23.2 Å². The lowest BCUT2D eigenvalue weighted by atomic mass is 10.2. The molecule has 2 aliphatic heterocycles. The van der Waals surface area contributed by atoms with E-state index in [2.05, 4.69) is 10.3 Å². The van der Waals surface area contributed by atoms with Gasteiger partial charge in [-0.05, 0) is 31.5 Å². The summed E-state index contributed by atoms with van der Waals surface area (Å²) in [6.07, 6.45) is 1.33. The van der Waals surface area contributed by atoms with Crippen LogP contribution in [0.2, 0.25) is 5.02 Å². The molecule has 0 unspecified atom stereocenters. The molecule has 5 nitrogen and oxygen atoms in total. The standard InChI is InChI=1S/C15H14ClN3O2S2/c1-15-5-4-12(20)19(15)10(7-22-15)13(21)18-14-17-9-3-2-8(16)6-11(9)23-14/h2-3,6,10H,4-5,7H2,1H3,(H,17,18,21)/t10-,15+/m1/s1. The van der Waals surface area contributed by atoms with E-state index in [9.17, 15) is 9.59 Å². The van der Waals surface area contributed by atoms with Crippen molar-refractivity contribution < 1.29 is 9.59 Å². The molecule has 2 fully saturated rings. The highest BCUT2D eigenvalue weighted by Gasteiger charge is 2.52. The van der Waals surface area contributed by atoms with Crippen LogP contribution in [-0.4, -0.2) is 38.4 Å². The molecule has 0 spiro atoms. The fraction of sp³-hybridized carbons (Fsp3) is 0.400. The third-order valence-corrected chi connectivity index (χ3v) is 7.00. The van der Waals surface area contributed by atoms with Crippen LogP contribution in [0.4, 0.5) is 5.13 Å². The number of rotatable bonds is 2. The molecular weight excluding hydrogens is 354 g/mol. The van der Waals surface area contributed by atoms with Crippen molar-refractivity contribution in [3.63, 3.8) is 0 Å². The van der Waals surface area contributed by atoms with E-state index in [1.54, 1.807) is 22.7 Å². The molecule has 0 bridgehead atoms. The predicted octanol–water partition coefficient (Wildman–Crippen LogP) is 3.34. The van der Waals surface area contributed by atoms with Gasteiger partial charge in [-0.15, -0.1) is 11.8 Å². The first-order valence-corrected chi connectivity index (χ1v) is 9.47. The lowest BCUT2D eigenvalue weighted by Crippen LogP contribution is -2.48. The van der Waals surface area contributed by atoms with Crippen LogP contribution in [0.3, 0.4) is 0 Å². The summed E-state index contributed by atoms with van der Waals surface area (Å²) in [4.78, 5) is 30.6. The van der Waals surface area contributed by atoms with Gasteiger partial charge in [0, 0.05) is 17.2 Å². The Morgan fingerprint density at radius 3 is 3.17 bits per heavy atom. The van der Waals surface area contributed by atoms with Crippen molar-refractivity contribution in [3.8, 4) is 0 Å². The maximum Gasteiger partial charge on any atom is 0.249 e. The Bertz CT molecular complexity index is 824. The van der Waals surface area contributed by atoms with E-state index >= 15 is 0 Å². The second kappa shape index (κ2) is 5.36. The van der Waals surface area contributed by atoms with Gasteiger partial charge in [0.2, 0.25) is 11.8 Å². The van der Waals surface area contributed by atoms with Gasteiger partial charge >= 0.3 is 0 Å². The number of carbonyl (C=O) groups excluding carboxylic acids is 2. The number of carbonyl (C=O) groups is 2. The summed E-state index contributed by atoms with van der Waals surface area (Å²) in [6, 6.07) is 5.01. The van der Waals surface area contributed by atoms with Crippen molar-refractivity contribution in [1.29, 1.82) is 0 Å². The zero-order valence-electron chi connectivity index (χ0n) is 12.3. The van der Waals surface area contributed by atoms with Crippen LogP contribution in [0.5, 0.6) is 0 Å². The first-order valence-electron chi connectivity index (χ1n) is 7.29. The van der Waals surface area contributed by atoms with Crippen molar-refractivity contribution in [1.82, 2.24) is 9.88 Å². The fourth-order valence-electron chi connectivity index (χ4n) is 3.16. The summed E-state index contributed by atoms with van der Waals surface area (Å²) in [6.45, 7) is 2.04. The molecule has 120 valence electrons. The van der Waals surface area contributed by atoms with E-state index < -0.39 is 6.04 Å². The van der Waals surface area contributed by atoms with E-state index in [1.165, 1.54) is 11.3 Å². The maximum absolute atomic E-state index is 12.6. The number of nitrogens with one attached hydrogen (secondary N) is 1. The third-order valence-electron chi connectivity index (χ3n) is 4.33. The largest absolute Gasteiger partial charge is 0.315 e. The zero-order valence-corrected chi connectivity index (χ0v) is 14.7. The second-order valence-corrected chi connectivity index (χ2v) is 8.85. The van der Waals surface area contributed by atoms with Crippen LogP contribution in [0.1, 0.15) is 19.8 Å². The van der Waals surface area contributed by atoms with Gasteiger partial charge < -0.3 is 10.2 Å². The van der Waals surface area contributed by atoms with Crippen molar-refractivity contribution in [2.75, 3.05) is 11.1 Å². The molecule has 0 radical (unpaired) electrons. The van der Waals surface area contributed by atoms with Crippen LogP contribution in [0, 0.1) is 0 Å². The summed E-state index contributed by atoms with van der Waals surface area (Å²) in [7, 11) is 0. The number of aromatic nitrogens is 1. The van der Waals surface area contributed by atoms with Gasteiger partial charge in [0.1, 0.15) is 6.04 Å². The molecule has 3 heterocycles. The number of halogens is 1. The van der Waals surface area contributed by atoms with Gasteiger partial charge in [-0.1, -0.05) is 22.9 Å². The quantitative estimate of drug-likeness (QED) is 0.884. The average molecular weight is 368 g/mol. The monoisotopic (exact) mass is 367 g/mol. The highest BCUT2D eigenvalue weighted by molar-refractivity contribution is 8.01. The molecule has 2 saturated heterocycles. The van der Waals surface area contributed by atoms with Gasteiger partial charge in [-0.25, -0.2) is 4.98 Å². The summed E-state index contributed by atoms with van der Waals surface area (Å²) in [5.41, 5.74) is 0.803. The number of benzene rings is 1. The lowest BCUT2D eigenvalue weighted by Gasteiger charge is -2.29. The Balaban J connectivity index is 1.56. The van der Waals surface area contributed by atoms with E-state index in [0.29, 0.717) is 22.3 Å². The molecule has 1 aromatic heterocycles. The number of hydrogen-bond acceptors (Lipinski definition) is 5. The molecular formula is C15H14ClN3O2S2. The minimum Gasteiger partial charge on any atom is -0.315 e. The Hall–Kier alpha value is -1.31. The van der Waals surface area contributed by atoms with Crippen LogP contribution < -0.4 is 5.32 Å². The van der Waals surface area contributed by atoms with Crippen molar-refractivity contribution in [2.45, 2.75) is 30.7 Å². The van der Waals surface area contributed by atoms with Gasteiger partial charge in [-0.2, -0.15) is 0 Å². The molecule has 23 heavy (non-hydrogen) atoms. The second-order valence-electron chi connectivity index (χ2n) is 5.89. The third kappa shape index (κ3) is 2.51. The molecule has 2 aliphatic rings. The topological polar surface area (TPSA) is 62.3 Å². The first kappa shape index (κ1) is 15.2. The van der Waals surface area contributed by atoms with Crippen molar-refractivity contribution >= 4 is 61.9 Å². The lowest BCUT2D eigenvalue weighted by molar-refractivity contribution is -0.135. The Morgan fingerprint density at radius 2 is 2.35 bits per heavy atom. The van der Waals surface area contributed by atoms with Gasteiger partial charge in [0.15, 0.2) is 5.13 Å². The van der Waals surface area contributed by atoms with E-state index in [1.807, 2.05) is 19.1 Å². The van der Waals surface area contributed by atoms with E-state index in [-0.39, 0.29) is 16.7 Å². The SMILES string of the molecule is C[C@]12CCC(=O)N1[C@@H](C(=O)Nc1nc3ccc(Cl)cc3s1)CS2. The predicted molar refractivity (Wildman–Crippen MR) is 94.0 cm³/mol. The minimum atomic E-state index is -0.421. The normalized spacial score (nSPS) is 26.8. The molecule has 4 rings (SSSR count). The number of hydrogen-bond donors (Lipinski definition) is 1. The number of thioether (sulfide) groups is 1. The summed E-state index contributed by atoms with van der Waals surface area (Å²) < 4.78 is 0.927. The highest BCUT2D eigenvalue weighted by atomic mass is 35.5. The molecule has 2 atom stereocenters. The molecule has 1 aromatic carbocycles. The molecule has 2 aromatic rings. The molecule has 2 amide bonds. The van der Waals surface area contributed by atoms with Crippen LogP contribution in [0.15, 0.2) is 18.2 Å². The summed E-state index contributed by atoms with van der Waals surface area (Å²) in [5, 5.41) is 4.04. The highest BCUT2D eigenvalue weighted by Crippen LogP contribution is 2.47. The Kier molecular flexibility index (Phi) is 3.55. The molecule has 1 N–H and O–H groups in total. The smallest absolute Gasteiger partial charge is 0.249 e. The van der Waals surface area contributed by atoms with Gasteiger partial charge in [0.25, 0.3) is 0 Å². The zero-order chi connectivity index (χ0) is 16.2. The van der Waals surface area contributed by atoms with Crippen LogP contribution in [0.25, 0.3) is 10.2 Å². The van der Waals surface area contributed by atoms with Crippen molar-refractivity contribution in [2.24, 2.45) is 0 Å². The van der Waals surface area contributed by atoms with Gasteiger partial charge in [0.05, 0.1) is 15.1 Å². The minimum absolute atomic E-state index is 0.0636. The molecule has 0 aliphatic carbocycles. The number of thiazole rings is 1. The van der Waals surface area contributed by atoms with E-state index in [4.69, 9.17) is 11.6 Å². The average Bonchev–Trinajstić information content (AvgIpc) is 3.12. The Morgan fingerprint density at radius 1 is 1.52 bits per heavy atom. The number of amides is 2. The van der Waals surface area contributed by atoms with E-state index in [0.717, 1.165) is 16.6 Å².